The van der Waals surface area contributed by atoms with E-state index in [9.17, 15) is 4.79 Å². The van der Waals surface area contributed by atoms with Gasteiger partial charge in [0, 0.05) is 36.5 Å². The van der Waals surface area contributed by atoms with Crippen molar-refractivity contribution < 1.29 is 4.79 Å². The van der Waals surface area contributed by atoms with Gasteiger partial charge < -0.3 is 9.88 Å². The summed E-state index contributed by atoms with van der Waals surface area (Å²) in [6.07, 6.45) is 6.27. The van der Waals surface area contributed by atoms with Crippen molar-refractivity contribution in [3.63, 3.8) is 0 Å². The lowest BCUT2D eigenvalue weighted by Gasteiger charge is -2.15. The number of nitrogens with zero attached hydrogens (tertiary/aromatic N) is 4. The average Bonchev–Trinajstić information content (AvgIpc) is 3.21. The molecule has 0 bridgehead atoms. The SMILES string of the molecule is CC[C@@H](NC(=O)c1cc2ccccc2n1C)c1cn2cccnc2n1. The quantitative estimate of drug-likeness (QED) is 0.624. The molecule has 4 rings (SSSR count). The van der Waals surface area contributed by atoms with Crippen LogP contribution in [0.1, 0.15) is 35.6 Å². The van der Waals surface area contributed by atoms with Gasteiger partial charge in [0.15, 0.2) is 0 Å². The highest BCUT2D eigenvalue weighted by Gasteiger charge is 2.20. The van der Waals surface area contributed by atoms with Gasteiger partial charge in [0.05, 0.1) is 11.7 Å². The molecule has 3 heterocycles. The number of benzene rings is 1. The molecular formula is C19H19N5O. The third kappa shape index (κ3) is 2.65. The number of hydrogen-bond acceptors (Lipinski definition) is 3. The minimum absolute atomic E-state index is 0.101. The molecule has 0 aliphatic heterocycles. The Bertz CT molecular complexity index is 1030. The number of aryl methyl sites for hydroxylation is 1. The van der Waals surface area contributed by atoms with Crippen LogP contribution < -0.4 is 5.32 Å². The van der Waals surface area contributed by atoms with E-state index in [1.807, 2.05) is 71.7 Å². The number of carbonyl (C=O) groups is 1. The molecule has 1 atom stereocenters. The zero-order valence-electron chi connectivity index (χ0n) is 14.2. The first kappa shape index (κ1) is 15.4. The van der Waals surface area contributed by atoms with Crippen molar-refractivity contribution in [3.8, 4) is 0 Å². The fourth-order valence-electron chi connectivity index (χ4n) is 3.14. The number of rotatable bonds is 4. The van der Waals surface area contributed by atoms with Crippen molar-refractivity contribution in [3.05, 3.63) is 66.4 Å². The van der Waals surface area contributed by atoms with Crippen LogP contribution in [-0.4, -0.2) is 24.8 Å². The molecular weight excluding hydrogens is 314 g/mol. The van der Waals surface area contributed by atoms with Crippen LogP contribution in [0.2, 0.25) is 0 Å². The molecule has 3 aromatic heterocycles. The second kappa shape index (κ2) is 6.05. The van der Waals surface area contributed by atoms with E-state index in [4.69, 9.17) is 0 Å². The summed E-state index contributed by atoms with van der Waals surface area (Å²) in [5, 5.41) is 4.15. The highest BCUT2D eigenvalue weighted by Crippen LogP contribution is 2.20. The number of hydrogen-bond donors (Lipinski definition) is 1. The number of amides is 1. The zero-order valence-corrected chi connectivity index (χ0v) is 14.2. The van der Waals surface area contributed by atoms with Gasteiger partial charge >= 0.3 is 0 Å². The van der Waals surface area contributed by atoms with Crippen LogP contribution in [0.3, 0.4) is 0 Å². The molecule has 6 heteroatoms. The highest BCUT2D eigenvalue weighted by molar-refractivity contribution is 5.98. The molecule has 126 valence electrons. The minimum atomic E-state index is -0.160. The Morgan fingerprint density at radius 1 is 1.28 bits per heavy atom. The van der Waals surface area contributed by atoms with Crippen molar-refractivity contribution >= 4 is 22.6 Å². The first-order valence-electron chi connectivity index (χ1n) is 8.32. The normalized spacial score (nSPS) is 12.6. The first-order valence-corrected chi connectivity index (χ1v) is 8.32. The van der Waals surface area contributed by atoms with Gasteiger partial charge in [-0.3, -0.25) is 9.20 Å². The number of carbonyl (C=O) groups excluding carboxylic acids is 1. The van der Waals surface area contributed by atoms with E-state index in [-0.39, 0.29) is 11.9 Å². The Balaban J connectivity index is 1.64. The van der Waals surface area contributed by atoms with Gasteiger partial charge in [-0.05, 0) is 24.6 Å². The summed E-state index contributed by atoms with van der Waals surface area (Å²) in [5.74, 6) is 0.533. The van der Waals surface area contributed by atoms with Gasteiger partial charge in [-0.2, -0.15) is 0 Å². The Labute approximate surface area is 145 Å². The van der Waals surface area contributed by atoms with Crippen LogP contribution in [0.25, 0.3) is 16.7 Å². The molecule has 0 spiro atoms. The number of nitrogens with one attached hydrogen (secondary N) is 1. The summed E-state index contributed by atoms with van der Waals surface area (Å²) in [4.78, 5) is 21.6. The summed E-state index contributed by atoms with van der Waals surface area (Å²) in [6, 6.07) is 11.6. The molecule has 25 heavy (non-hydrogen) atoms. The molecule has 0 aliphatic rings. The maximum absolute atomic E-state index is 12.8. The van der Waals surface area contributed by atoms with Gasteiger partial charge in [0.1, 0.15) is 5.69 Å². The predicted molar refractivity (Wildman–Crippen MR) is 96.4 cm³/mol. The van der Waals surface area contributed by atoms with Gasteiger partial charge in [0.2, 0.25) is 5.78 Å². The third-order valence-electron chi connectivity index (χ3n) is 4.51. The minimum Gasteiger partial charge on any atom is -0.342 e. The zero-order chi connectivity index (χ0) is 17.4. The second-order valence-electron chi connectivity index (χ2n) is 6.07. The number of fused-ring (bicyclic) bond motifs is 2. The number of aromatic nitrogens is 4. The Hall–Kier alpha value is -3.15. The van der Waals surface area contributed by atoms with Gasteiger partial charge in [0.25, 0.3) is 5.91 Å². The van der Waals surface area contributed by atoms with Crippen LogP contribution in [0, 0.1) is 0 Å². The van der Waals surface area contributed by atoms with Crippen LogP contribution >= 0.6 is 0 Å². The van der Waals surface area contributed by atoms with E-state index in [0.29, 0.717) is 11.5 Å². The number of para-hydroxylation sites is 1. The van der Waals surface area contributed by atoms with Gasteiger partial charge in [-0.25, -0.2) is 9.97 Å². The first-order chi connectivity index (χ1) is 12.2. The lowest BCUT2D eigenvalue weighted by Crippen LogP contribution is -2.29. The van der Waals surface area contributed by atoms with Gasteiger partial charge in [-0.15, -0.1) is 0 Å². The Morgan fingerprint density at radius 3 is 2.88 bits per heavy atom. The average molecular weight is 333 g/mol. The largest absolute Gasteiger partial charge is 0.342 e. The maximum atomic E-state index is 12.8. The van der Waals surface area contributed by atoms with Crippen molar-refractivity contribution in [2.45, 2.75) is 19.4 Å². The molecule has 0 fully saturated rings. The van der Waals surface area contributed by atoms with Crippen LogP contribution in [0.15, 0.2) is 55.0 Å². The van der Waals surface area contributed by atoms with Crippen molar-refractivity contribution in [2.75, 3.05) is 0 Å². The third-order valence-corrected chi connectivity index (χ3v) is 4.51. The standard InChI is InChI=1S/C19H19N5O/c1-3-14(15-12-24-10-6-9-20-19(24)22-15)21-18(25)17-11-13-7-4-5-8-16(13)23(17)2/h4-12,14H,3H2,1-2H3,(H,21,25)/t14-/m1/s1. The lowest BCUT2D eigenvalue weighted by atomic mass is 10.1. The molecule has 4 aromatic rings. The maximum Gasteiger partial charge on any atom is 0.268 e. The van der Waals surface area contributed by atoms with E-state index < -0.39 is 0 Å². The fourth-order valence-corrected chi connectivity index (χ4v) is 3.14. The predicted octanol–water partition coefficient (Wildman–Crippen LogP) is 3.10. The second-order valence-corrected chi connectivity index (χ2v) is 6.07. The fraction of sp³-hybridized carbons (Fsp3) is 0.211. The smallest absolute Gasteiger partial charge is 0.268 e. The van der Waals surface area contributed by atoms with Crippen LogP contribution in [0.5, 0.6) is 0 Å². The van der Waals surface area contributed by atoms with E-state index in [1.54, 1.807) is 6.20 Å². The number of imidazole rings is 1. The van der Waals surface area contributed by atoms with E-state index >= 15 is 0 Å². The van der Waals surface area contributed by atoms with Gasteiger partial charge in [-0.1, -0.05) is 25.1 Å². The molecule has 0 saturated heterocycles. The Morgan fingerprint density at radius 2 is 2.12 bits per heavy atom. The molecule has 0 saturated carbocycles. The summed E-state index contributed by atoms with van der Waals surface area (Å²) < 4.78 is 3.78. The molecule has 0 radical (unpaired) electrons. The molecule has 1 aromatic carbocycles. The topological polar surface area (TPSA) is 64.2 Å². The molecule has 0 unspecified atom stereocenters. The Kier molecular flexibility index (Phi) is 3.72. The lowest BCUT2D eigenvalue weighted by molar-refractivity contribution is 0.0927. The van der Waals surface area contributed by atoms with E-state index in [2.05, 4.69) is 15.3 Å². The van der Waals surface area contributed by atoms with Crippen LogP contribution in [-0.2, 0) is 7.05 Å². The monoisotopic (exact) mass is 333 g/mol. The summed E-state index contributed by atoms with van der Waals surface area (Å²) >= 11 is 0. The summed E-state index contributed by atoms with van der Waals surface area (Å²) in [6.45, 7) is 2.03. The van der Waals surface area contributed by atoms with Crippen molar-refractivity contribution in [2.24, 2.45) is 7.05 Å². The van der Waals surface area contributed by atoms with Crippen molar-refractivity contribution in [1.29, 1.82) is 0 Å². The highest BCUT2D eigenvalue weighted by atomic mass is 16.2. The van der Waals surface area contributed by atoms with Crippen molar-refractivity contribution in [1.82, 2.24) is 24.3 Å². The molecule has 0 aliphatic carbocycles. The molecule has 6 nitrogen and oxygen atoms in total. The summed E-state index contributed by atoms with van der Waals surface area (Å²) in [5.41, 5.74) is 2.49. The summed E-state index contributed by atoms with van der Waals surface area (Å²) in [7, 11) is 1.91. The van der Waals surface area contributed by atoms with E-state index in [0.717, 1.165) is 23.0 Å². The molecule has 1 N–H and O–H groups in total. The molecule has 1 amide bonds. The van der Waals surface area contributed by atoms with E-state index in [1.165, 1.54) is 0 Å². The van der Waals surface area contributed by atoms with Crippen LogP contribution in [0.4, 0.5) is 0 Å².